The van der Waals surface area contributed by atoms with Crippen LogP contribution in [-0.4, -0.2) is 40.8 Å². The van der Waals surface area contributed by atoms with Gasteiger partial charge in [-0.25, -0.2) is 8.42 Å². The van der Waals surface area contributed by atoms with Crippen molar-refractivity contribution >= 4 is 21.6 Å². The van der Waals surface area contributed by atoms with Gasteiger partial charge in [0.1, 0.15) is 12.3 Å². The number of methoxy groups -OCH3 is 1. The molecule has 1 N–H and O–H groups in total. The van der Waals surface area contributed by atoms with Gasteiger partial charge < -0.3 is 10.1 Å². The molecule has 0 radical (unpaired) electrons. The Hall–Kier alpha value is -2.54. The van der Waals surface area contributed by atoms with Crippen molar-refractivity contribution in [2.45, 2.75) is 19.8 Å². The molecule has 6 nitrogen and oxygen atoms in total. The van der Waals surface area contributed by atoms with Gasteiger partial charge in [-0.15, -0.1) is 0 Å². The predicted octanol–water partition coefficient (Wildman–Crippen LogP) is 2.52. The van der Waals surface area contributed by atoms with Crippen LogP contribution in [0.2, 0.25) is 0 Å². The number of carbonyl (C=O) groups excluding carboxylic acids is 1. The van der Waals surface area contributed by atoms with Crippen molar-refractivity contribution in [1.82, 2.24) is 5.32 Å². The molecule has 2 rings (SSSR count). The summed E-state index contributed by atoms with van der Waals surface area (Å²) in [6.07, 6.45) is 2.71. The minimum atomic E-state index is -3.64. The van der Waals surface area contributed by atoms with Crippen molar-refractivity contribution in [3.63, 3.8) is 0 Å². The average molecular weight is 391 g/mol. The molecule has 0 saturated carbocycles. The van der Waals surface area contributed by atoms with Gasteiger partial charge in [-0.3, -0.25) is 9.10 Å². The van der Waals surface area contributed by atoms with E-state index in [-0.39, 0.29) is 12.5 Å². The lowest BCUT2D eigenvalue weighted by Crippen LogP contribution is -2.40. The number of nitrogens with one attached hydrogen (secondary N) is 1. The van der Waals surface area contributed by atoms with Crippen LogP contribution in [0, 0.1) is 6.92 Å². The molecule has 27 heavy (non-hydrogen) atoms. The third-order valence-corrected chi connectivity index (χ3v) is 5.22. The second-order valence-corrected chi connectivity index (χ2v) is 8.29. The molecule has 0 heterocycles. The number of sulfonamides is 1. The standard InChI is InChI=1S/C20H26N2O4S/c1-16-11-12-19(26-2)18(14-16)22(27(3,24)25)15-20(23)21-13-7-10-17-8-5-4-6-9-17/h4-6,8-9,11-12,14H,7,10,13,15H2,1-3H3,(H,21,23). The monoisotopic (exact) mass is 390 g/mol. The summed E-state index contributed by atoms with van der Waals surface area (Å²) >= 11 is 0. The van der Waals surface area contributed by atoms with Crippen LogP contribution in [0.4, 0.5) is 5.69 Å². The van der Waals surface area contributed by atoms with Gasteiger partial charge in [-0.05, 0) is 43.0 Å². The Kier molecular flexibility index (Phi) is 7.24. The van der Waals surface area contributed by atoms with Crippen LogP contribution in [0.1, 0.15) is 17.5 Å². The zero-order valence-electron chi connectivity index (χ0n) is 15.9. The van der Waals surface area contributed by atoms with Gasteiger partial charge >= 0.3 is 0 Å². The third-order valence-electron chi connectivity index (χ3n) is 4.10. The van der Waals surface area contributed by atoms with E-state index in [0.717, 1.165) is 29.0 Å². The van der Waals surface area contributed by atoms with Crippen LogP contribution in [0.3, 0.4) is 0 Å². The SMILES string of the molecule is COc1ccc(C)cc1N(CC(=O)NCCCc1ccccc1)S(C)(=O)=O. The molecule has 0 atom stereocenters. The number of ether oxygens (including phenoxy) is 1. The number of hydrogen-bond acceptors (Lipinski definition) is 4. The molecule has 0 fully saturated rings. The van der Waals surface area contributed by atoms with Gasteiger partial charge in [0.25, 0.3) is 0 Å². The highest BCUT2D eigenvalue weighted by Gasteiger charge is 2.24. The number of anilines is 1. The fraction of sp³-hybridized carbons (Fsp3) is 0.350. The lowest BCUT2D eigenvalue weighted by atomic mass is 10.1. The van der Waals surface area contributed by atoms with E-state index in [2.05, 4.69) is 5.32 Å². The maximum Gasteiger partial charge on any atom is 0.240 e. The van der Waals surface area contributed by atoms with Gasteiger partial charge in [0.05, 0.1) is 19.1 Å². The molecule has 0 aliphatic heterocycles. The Morgan fingerprint density at radius 1 is 1.15 bits per heavy atom. The lowest BCUT2D eigenvalue weighted by Gasteiger charge is -2.24. The van der Waals surface area contributed by atoms with Crippen LogP contribution in [0.15, 0.2) is 48.5 Å². The van der Waals surface area contributed by atoms with Crippen molar-refractivity contribution in [2.75, 3.05) is 30.8 Å². The zero-order valence-corrected chi connectivity index (χ0v) is 16.8. The predicted molar refractivity (Wildman–Crippen MR) is 108 cm³/mol. The van der Waals surface area contributed by atoms with Crippen LogP contribution in [0.25, 0.3) is 0 Å². The van der Waals surface area contributed by atoms with E-state index in [4.69, 9.17) is 4.74 Å². The summed E-state index contributed by atoms with van der Waals surface area (Å²) in [5.74, 6) is 0.0555. The summed E-state index contributed by atoms with van der Waals surface area (Å²) < 4.78 is 30.8. The Labute approximate surface area is 161 Å². The number of nitrogens with zero attached hydrogens (tertiary/aromatic N) is 1. The van der Waals surface area contributed by atoms with E-state index >= 15 is 0 Å². The molecule has 1 amide bonds. The molecule has 2 aromatic carbocycles. The molecule has 0 spiro atoms. The highest BCUT2D eigenvalue weighted by Crippen LogP contribution is 2.30. The van der Waals surface area contributed by atoms with Crippen LogP contribution in [0.5, 0.6) is 5.75 Å². The first-order valence-electron chi connectivity index (χ1n) is 8.74. The summed E-state index contributed by atoms with van der Waals surface area (Å²) in [6.45, 7) is 2.05. The van der Waals surface area contributed by atoms with Gasteiger partial charge in [0.2, 0.25) is 15.9 Å². The molecule has 0 aromatic heterocycles. The number of carbonyl (C=O) groups is 1. The summed E-state index contributed by atoms with van der Waals surface area (Å²) in [5, 5.41) is 2.79. The Bertz CT molecular complexity index is 867. The van der Waals surface area contributed by atoms with Crippen LogP contribution in [-0.2, 0) is 21.2 Å². The van der Waals surface area contributed by atoms with Crippen LogP contribution >= 0.6 is 0 Å². The Morgan fingerprint density at radius 3 is 2.48 bits per heavy atom. The van der Waals surface area contributed by atoms with Gasteiger partial charge in [-0.1, -0.05) is 36.4 Å². The summed E-state index contributed by atoms with van der Waals surface area (Å²) in [6, 6.07) is 15.2. The minimum Gasteiger partial charge on any atom is -0.495 e. The minimum absolute atomic E-state index is 0.288. The number of rotatable bonds is 9. The van der Waals surface area contributed by atoms with E-state index < -0.39 is 10.0 Å². The van der Waals surface area contributed by atoms with Crippen molar-refractivity contribution in [1.29, 1.82) is 0 Å². The topological polar surface area (TPSA) is 75.7 Å². The third kappa shape index (κ3) is 6.29. The van der Waals surface area contributed by atoms with Crippen molar-refractivity contribution < 1.29 is 17.9 Å². The van der Waals surface area contributed by atoms with Crippen LogP contribution < -0.4 is 14.4 Å². The summed E-state index contributed by atoms with van der Waals surface area (Å²) in [5.41, 5.74) is 2.44. The highest BCUT2D eigenvalue weighted by atomic mass is 32.2. The van der Waals surface area contributed by atoms with Crippen molar-refractivity contribution in [3.8, 4) is 5.75 Å². The molecule has 0 bridgehead atoms. The first-order chi connectivity index (χ1) is 12.8. The second kappa shape index (κ2) is 9.41. The molecular weight excluding hydrogens is 364 g/mol. The summed E-state index contributed by atoms with van der Waals surface area (Å²) in [7, 11) is -2.17. The molecule has 0 aliphatic rings. The molecule has 0 saturated heterocycles. The smallest absolute Gasteiger partial charge is 0.240 e. The molecule has 146 valence electrons. The van der Waals surface area contributed by atoms with Crippen molar-refractivity contribution in [3.05, 3.63) is 59.7 Å². The van der Waals surface area contributed by atoms with E-state index in [1.54, 1.807) is 12.1 Å². The van der Waals surface area contributed by atoms with E-state index in [1.807, 2.05) is 43.3 Å². The highest BCUT2D eigenvalue weighted by molar-refractivity contribution is 7.92. The zero-order chi connectivity index (χ0) is 19.9. The fourth-order valence-electron chi connectivity index (χ4n) is 2.73. The van der Waals surface area contributed by atoms with E-state index in [0.29, 0.717) is 18.0 Å². The van der Waals surface area contributed by atoms with E-state index in [9.17, 15) is 13.2 Å². The van der Waals surface area contributed by atoms with E-state index in [1.165, 1.54) is 12.7 Å². The first-order valence-corrected chi connectivity index (χ1v) is 10.6. The number of aryl methyl sites for hydroxylation is 2. The second-order valence-electron chi connectivity index (χ2n) is 6.38. The Balaban J connectivity index is 2.00. The molecular formula is C20H26N2O4S. The maximum absolute atomic E-state index is 12.3. The van der Waals surface area contributed by atoms with Gasteiger partial charge in [0, 0.05) is 6.54 Å². The molecule has 2 aromatic rings. The van der Waals surface area contributed by atoms with Gasteiger partial charge in [0.15, 0.2) is 0 Å². The lowest BCUT2D eigenvalue weighted by molar-refractivity contribution is -0.119. The normalized spacial score (nSPS) is 11.1. The first kappa shape index (κ1) is 20.8. The molecule has 7 heteroatoms. The van der Waals surface area contributed by atoms with Crippen molar-refractivity contribution in [2.24, 2.45) is 0 Å². The average Bonchev–Trinajstić information content (AvgIpc) is 2.63. The molecule has 0 unspecified atom stereocenters. The van der Waals surface area contributed by atoms with Gasteiger partial charge in [-0.2, -0.15) is 0 Å². The number of benzene rings is 2. The maximum atomic E-state index is 12.3. The number of hydrogen-bond donors (Lipinski definition) is 1. The molecule has 0 aliphatic carbocycles. The number of amides is 1. The fourth-order valence-corrected chi connectivity index (χ4v) is 3.58. The summed E-state index contributed by atoms with van der Waals surface area (Å²) in [4.78, 5) is 12.3. The quantitative estimate of drug-likeness (QED) is 0.668. The largest absolute Gasteiger partial charge is 0.495 e. The Morgan fingerprint density at radius 2 is 1.85 bits per heavy atom.